The molecule has 0 unspecified atom stereocenters. The summed E-state index contributed by atoms with van der Waals surface area (Å²) in [5, 5.41) is 8.87. The van der Waals surface area contributed by atoms with Gasteiger partial charge in [-0.15, -0.1) is 0 Å². The largest absolute Gasteiger partial charge is 0.457 e. The maximum atomic E-state index is 13.2. The van der Waals surface area contributed by atoms with Gasteiger partial charge in [0.05, 0.1) is 0 Å². The number of halogens is 1. The number of aliphatic hydroxyl groups excluding tert-OH is 1. The van der Waals surface area contributed by atoms with E-state index in [9.17, 15) is 4.39 Å². The van der Waals surface area contributed by atoms with Crippen molar-refractivity contribution in [2.24, 2.45) is 5.73 Å². The summed E-state index contributed by atoms with van der Waals surface area (Å²) in [6.45, 7) is 1.90. The third-order valence-corrected chi connectivity index (χ3v) is 3.01. The maximum absolute atomic E-state index is 13.2. The number of rotatable bonds is 5. The fourth-order valence-electron chi connectivity index (χ4n) is 1.95. The Hall–Kier alpha value is -1.91. The first-order valence-electron chi connectivity index (χ1n) is 6.53. The Morgan fingerprint density at radius 2 is 1.90 bits per heavy atom. The van der Waals surface area contributed by atoms with Crippen LogP contribution in [0.15, 0.2) is 42.5 Å². The van der Waals surface area contributed by atoms with Gasteiger partial charge in [-0.25, -0.2) is 4.39 Å². The molecule has 2 rings (SSSR count). The van der Waals surface area contributed by atoms with E-state index >= 15 is 0 Å². The number of aliphatic hydroxyl groups is 1. The topological polar surface area (TPSA) is 55.5 Å². The highest BCUT2D eigenvalue weighted by Crippen LogP contribution is 2.29. The normalized spacial score (nSPS) is 12.2. The summed E-state index contributed by atoms with van der Waals surface area (Å²) in [6, 6.07) is 11.4. The van der Waals surface area contributed by atoms with Crippen LogP contribution in [0, 0.1) is 5.82 Å². The Labute approximate surface area is 117 Å². The standard InChI is InChI=1S/C16H18FNO2/c1-11(18)15-10-13(17)4-7-16(15)20-14-5-2-12(3-6-14)8-9-19/h2-7,10-11,19H,8-9,18H2,1H3/t11-/m1/s1. The molecule has 106 valence electrons. The smallest absolute Gasteiger partial charge is 0.132 e. The van der Waals surface area contributed by atoms with Gasteiger partial charge in [0.2, 0.25) is 0 Å². The molecular weight excluding hydrogens is 257 g/mol. The molecule has 0 aromatic heterocycles. The molecule has 2 aromatic carbocycles. The van der Waals surface area contributed by atoms with E-state index in [-0.39, 0.29) is 18.5 Å². The summed E-state index contributed by atoms with van der Waals surface area (Å²) in [4.78, 5) is 0. The fourth-order valence-corrected chi connectivity index (χ4v) is 1.95. The van der Waals surface area contributed by atoms with Crippen molar-refractivity contribution in [3.63, 3.8) is 0 Å². The molecule has 0 saturated heterocycles. The maximum Gasteiger partial charge on any atom is 0.132 e. The van der Waals surface area contributed by atoms with Crippen LogP contribution in [-0.4, -0.2) is 11.7 Å². The van der Waals surface area contributed by atoms with Gasteiger partial charge < -0.3 is 15.6 Å². The van der Waals surface area contributed by atoms with E-state index < -0.39 is 0 Å². The molecule has 0 radical (unpaired) electrons. The Morgan fingerprint density at radius 3 is 2.50 bits per heavy atom. The zero-order valence-electron chi connectivity index (χ0n) is 11.3. The number of hydrogen-bond acceptors (Lipinski definition) is 3. The second kappa shape index (κ2) is 6.50. The summed E-state index contributed by atoms with van der Waals surface area (Å²) < 4.78 is 19.0. The molecule has 4 heteroatoms. The van der Waals surface area contributed by atoms with E-state index in [1.54, 1.807) is 13.0 Å². The zero-order valence-corrected chi connectivity index (χ0v) is 11.3. The molecule has 20 heavy (non-hydrogen) atoms. The molecule has 3 nitrogen and oxygen atoms in total. The van der Waals surface area contributed by atoms with Crippen LogP contribution < -0.4 is 10.5 Å². The van der Waals surface area contributed by atoms with Crippen LogP contribution in [0.5, 0.6) is 11.5 Å². The summed E-state index contributed by atoms with van der Waals surface area (Å²) in [5.41, 5.74) is 7.49. The number of nitrogens with two attached hydrogens (primary N) is 1. The summed E-state index contributed by atoms with van der Waals surface area (Å²) in [5.74, 6) is 0.874. The minimum absolute atomic E-state index is 0.118. The lowest BCUT2D eigenvalue weighted by molar-refractivity contribution is 0.299. The Kier molecular flexibility index (Phi) is 4.71. The van der Waals surface area contributed by atoms with Gasteiger partial charge in [-0.2, -0.15) is 0 Å². The first-order chi connectivity index (χ1) is 9.60. The second-order valence-corrected chi connectivity index (χ2v) is 4.69. The van der Waals surface area contributed by atoms with E-state index in [4.69, 9.17) is 15.6 Å². The zero-order chi connectivity index (χ0) is 14.5. The van der Waals surface area contributed by atoms with Crippen molar-refractivity contribution >= 4 is 0 Å². The SMILES string of the molecule is C[C@@H](N)c1cc(F)ccc1Oc1ccc(CCO)cc1. The van der Waals surface area contributed by atoms with E-state index in [0.29, 0.717) is 23.5 Å². The Bertz CT molecular complexity index is 567. The van der Waals surface area contributed by atoms with Gasteiger partial charge in [-0.05, 0) is 49.2 Å². The molecule has 1 atom stereocenters. The molecule has 0 saturated carbocycles. The van der Waals surface area contributed by atoms with Crippen LogP contribution >= 0.6 is 0 Å². The van der Waals surface area contributed by atoms with Gasteiger partial charge in [-0.1, -0.05) is 12.1 Å². The van der Waals surface area contributed by atoms with Crippen molar-refractivity contribution in [2.45, 2.75) is 19.4 Å². The Balaban J connectivity index is 2.21. The van der Waals surface area contributed by atoms with Crippen LogP contribution in [0.3, 0.4) is 0 Å². The lowest BCUT2D eigenvalue weighted by atomic mass is 10.1. The fraction of sp³-hybridized carbons (Fsp3) is 0.250. The van der Waals surface area contributed by atoms with Gasteiger partial charge in [0, 0.05) is 18.2 Å². The third-order valence-electron chi connectivity index (χ3n) is 3.01. The molecule has 2 aromatic rings. The predicted octanol–water partition coefficient (Wildman–Crippen LogP) is 3.17. The van der Waals surface area contributed by atoms with Gasteiger partial charge in [0.1, 0.15) is 17.3 Å². The highest BCUT2D eigenvalue weighted by molar-refractivity contribution is 5.40. The second-order valence-electron chi connectivity index (χ2n) is 4.69. The van der Waals surface area contributed by atoms with Crippen LogP contribution in [0.4, 0.5) is 4.39 Å². The first kappa shape index (κ1) is 14.5. The molecule has 0 aliphatic heterocycles. The highest BCUT2D eigenvalue weighted by Gasteiger charge is 2.10. The average molecular weight is 275 g/mol. The van der Waals surface area contributed by atoms with Crippen LogP contribution in [0.2, 0.25) is 0 Å². The number of hydrogen-bond donors (Lipinski definition) is 2. The van der Waals surface area contributed by atoms with E-state index in [2.05, 4.69) is 0 Å². The molecule has 0 amide bonds. The number of benzene rings is 2. The van der Waals surface area contributed by atoms with E-state index in [1.165, 1.54) is 12.1 Å². The van der Waals surface area contributed by atoms with Crippen LogP contribution in [-0.2, 0) is 6.42 Å². The van der Waals surface area contributed by atoms with Gasteiger partial charge >= 0.3 is 0 Å². The van der Waals surface area contributed by atoms with Crippen molar-refractivity contribution in [1.82, 2.24) is 0 Å². The monoisotopic (exact) mass is 275 g/mol. The van der Waals surface area contributed by atoms with Crippen LogP contribution in [0.1, 0.15) is 24.1 Å². The molecule has 0 aliphatic rings. The molecule has 0 heterocycles. The lowest BCUT2D eigenvalue weighted by Gasteiger charge is -2.14. The third kappa shape index (κ3) is 3.56. The van der Waals surface area contributed by atoms with Gasteiger partial charge in [0.15, 0.2) is 0 Å². The minimum Gasteiger partial charge on any atom is -0.457 e. The minimum atomic E-state index is -0.331. The summed E-state index contributed by atoms with van der Waals surface area (Å²) >= 11 is 0. The molecule has 0 aliphatic carbocycles. The summed E-state index contributed by atoms with van der Waals surface area (Å²) in [7, 11) is 0. The summed E-state index contributed by atoms with van der Waals surface area (Å²) in [6.07, 6.45) is 0.613. The van der Waals surface area contributed by atoms with Gasteiger partial charge in [-0.3, -0.25) is 0 Å². The Morgan fingerprint density at radius 1 is 1.20 bits per heavy atom. The molecular formula is C16H18FNO2. The first-order valence-corrected chi connectivity index (χ1v) is 6.53. The van der Waals surface area contributed by atoms with Crippen molar-refractivity contribution in [3.05, 3.63) is 59.4 Å². The van der Waals surface area contributed by atoms with Crippen molar-refractivity contribution in [2.75, 3.05) is 6.61 Å². The average Bonchev–Trinajstić information content (AvgIpc) is 2.43. The predicted molar refractivity (Wildman–Crippen MR) is 76.3 cm³/mol. The molecule has 3 N–H and O–H groups in total. The van der Waals surface area contributed by atoms with E-state index in [0.717, 1.165) is 5.56 Å². The van der Waals surface area contributed by atoms with E-state index in [1.807, 2.05) is 24.3 Å². The van der Waals surface area contributed by atoms with Crippen molar-refractivity contribution in [1.29, 1.82) is 0 Å². The lowest BCUT2D eigenvalue weighted by Crippen LogP contribution is -2.07. The molecule has 0 bridgehead atoms. The highest BCUT2D eigenvalue weighted by atomic mass is 19.1. The number of ether oxygens (including phenoxy) is 1. The van der Waals surface area contributed by atoms with Crippen molar-refractivity contribution in [3.8, 4) is 11.5 Å². The van der Waals surface area contributed by atoms with Crippen molar-refractivity contribution < 1.29 is 14.2 Å². The molecule has 0 fully saturated rings. The molecule has 0 spiro atoms. The van der Waals surface area contributed by atoms with Crippen LogP contribution in [0.25, 0.3) is 0 Å². The quantitative estimate of drug-likeness (QED) is 0.881. The van der Waals surface area contributed by atoms with Gasteiger partial charge in [0.25, 0.3) is 0 Å².